The minimum atomic E-state index is -4.72. The topological polar surface area (TPSA) is 133 Å². The molecule has 180 valence electrons. The van der Waals surface area contributed by atoms with Gasteiger partial charge in [-0.15, -0.1) is 0 Å². The van der Waals surface area contributed by atoms with Crippen molar-refractivity contribution in [3.8, 4) is 0 Å². The van der Waals surface area contributed by atoms with Gasteiger partial charge in [-0.05, 0) is 105 Å². The molecule has 4 saturated carbocycles. The molecule has 0 aliphatic heterocycles. The molecule has 0 saturated heterocycles. The summed E-state index contributed by atoms with van der Waals surface area (Å²) in [5.74, 6) is 1.96. The van der Waals surface area contributed by atoms with Crippen molar-refractivity contribution in [2.45, 2.75) is 90.8 Å². The van der Waals surface area contributed by atoms with Gasteiger partial charge in [-0.1, -0.05) is 13.8 Å². The van der Waals surface area contributed by atoms with E-state index in [0.29, 0.717) is 36.5 Å². The second-order valence-corrected chi connectivity index (χ2v) is 13.0. The van der Waals surface area contributed by atoms with Gasteiger partial charge in [0.25, 0.3) is 0 Å². The van der Waals surface area contributed by atoms with Crippen LogP contribution in [0.4, 0.5) is 0 Å². The maximum absolute atomic E-state index is 11.2. The van der Waals surface area contributed by atoms with E-state index < -0.39 is 33.0 Å². The standard InChI is InChI=1S/C21H36O8S2.2Na/c1-13(28-30(22,23)24)17-6-7-18-16-5-4-14-12-15(29-31(25,26)27)8-10-20(14,2)19(16)9-11-21(17,18)3;;/h13-19H,4-12H2,1-3H3,(H,22,23,24)(H,25,26,27);;/q;2*+1/p-2/t13-,14+,15+,16-,17+,18-,19-,20-,21+;;/m0../s1. The molecule has 0 N–H and O–H groups in total. The van der Waals surface area contributed by atoms with Gasteiger partial charge in [0.1, 0.15) is 0 Å². The summed E-state index contributed by atoms with van der Waals surface area (Å²) < 4.78 is 76.3. The van der Waals surface area contributed by atoms with Crippen LogP contribution in [-0.2, 0) is 29.2 Å². The molecule has 8 nitrogen and oxygen atoms in total. The maximum atomic E-state index is 11.2. The molecule has 0 unspecified atom stereocenters. The molecule has 4 fully saturated rings. The first-order valence-electron chi connectivity index (χ1n) is 11.5. The second-order valence-electron chi connectivity index (χ2n) is 11.0. The van der Waals surface area contributed by atoms with E-state index in [1.54, 1.807) is 6.92 Å². The summed E-state index contributed by atoms with van der Waals surface area (Å²) in [6.45, 7) is 6.30. The van der Waals surface area contributed by atoms with Crippen LogP contribution >= 0.6 is 0 Å². The van der Waals surface area contributed by atoms with Crippen molar-refractivity contribution in [2.24, 2.45) is 40.4 Å². The minimum absolute atomic E-state index is 0. The molecule has 4 aliphatic carbocycles. The van der Waals surface area contributed by atoms with Gasteiger partial charge in [0.15, 0.2) is 0 Å². The van der Waals surface area contributed by atoms with Crippen molar-refractivity contribution < 1.29 is 93.4 Å². The molecular formula is C21H34Na2O8S2. The number of hydrogen-bond donors (Lipinski definition) is 0. The first-order chi connectivity index (χ1) is 14.2. The van der Waals surface area contributed by atoms with E-state index in [1.807, 2.05) is 0 Å². The third-order valence-electron chi connectivity index (χ3n) is 9.78. The molecule has 9 atom stereocenters. The van der Waals surface area contributed by atoms with Gasteiger partial charge in [0.2, 0.25) is 20.8 Å². The predicted octanol–water partition coefficient (Wildman–Crippen LogP) is -2.64. The largest absolute Gasteiger partial charge is 1.00 e. The van der Waals surface area contributed by atoms with Gasteiger partial charge in [-0.3, -0.25) is 8.37 Å². The van der Waals surface area contributed by atoms with E-state index in [-0.39, 0.29) is 75.9 Å². The fraction of sp³-hybridized carbons (Fsp3) is 1.00. The van der Waals surface area contributed by atoms with E-state index >= 15 is 0 Å². The summed E-state index contributed by atoms with van der Waals surface area (Å²) in [6.07, 6.45) is 6.94. The Morgan fingerprint density at radius 1 is 0.818 bits per heavy atom. The Balaban J connectivity index is 0.00000193. The van der Waals surface area contributed by atoms with Gasteiger partial charge >= 0.3 is 59.1 Å². The number of fused-ring (bicyclic) bond motifs is 5. The zero-order valence-corrected chi connectivity index (χ0v) is 26.1. The van der Waals surface area contributed by atoms with Gasteiger partial charge in [-0.25, -0.2) is 16.8 Å². The normalized spacial score (nSPS) is 43.8. The summed E-state index contributed by atoms with van der Waals surface area (Å²) in [5.41, 5.74) is 0.0702. The number of hydrogen-bond acceptors (Lipinski definition) is 8. The van der Waals surface area contributed by atoms with E-state index in [1.165, 1.54) is 0 Å². The maximum Gasteiger partial charge on any atom is 1.00 e. The molecule has 4 rings (SSSR count). The van der Waals surface area contributed by atoms with Gasteiger partial charge < -0.3 is 9.11 Å². The molecule has 0 bridgehead atoms. The molecule has 0 aromatic rings. The quantitative estimate of drug-likeness (QED) is 0.217. The predicted molar refractivity (Wildman–Crippen MR) is 110 cm³/mol. The average molecular weight is 525 g/mol. The second kappa shape index (κ2) is 10.8. The summed E-state index contributed by atoms with van der Waals surface area (Å²) in [7, 11) is -9.40. The average Bonchev–Trinajstić information content (AvgIpc) is 2.97. The molecular weight excluding hydrogens is 490 g/mol. The molecule has 0 aromatic carbocycles. The van der Waals surface area contributed by atoms with Crippen molar-refractivity contribution in [1.29, 1.82) is 0 Å². The molecule has 0 aromatic heterocycles. The van der Waals surface area contributed by atoms with Crippen LogP contribution in [0.1, 0.15) is 78.6 Å². The van der Waals surface area contributed by atoms with Gasteiger partial charge in [-0.2, -0.15) is 0 Å². The Kier molecular flexibility index (Phi) is 10.2. The van der Waals surface area contributed by atoms with Crippen LogP contribution in [0, 0.1) is 40.4 Å². The molecule has 0 amide bonds. The van der Waals surface area contributed by atoms with E-state index in [9.17, 15) is 25.9 Å². The SMILES string of the molecule is C[C@H](OS(=O)(=O)[O-])[C@H]1CC[C@H]2[C@@H]3CC[C@@H]4C[C@H](OS(=O)(=O)[O-])CC[C@]4(C)[C@H]3CC[C@]12C.[Na+].[Na+]. The zero-order valence-electron chi connectivity index (χ0n) is 20.5. The van der Waals surface area contributed by atoms with E-state index in [2.05, 4.69) is 13.8 Å². The van der Waals surface area contributed by atoms with Crippen LogP contribution in [0.15, 0.2) is 0 Å². The molecule has 12 heteroatoms. The Morgan fingerprint density at radius 3 is 2.03 bits per heavy atom. The minimum Gasteiger partial charge on any atom is -0.726 e. The van der Waals surface area contributed by atoms with Crippen LogP contribution in [0.5, 0.6) is 0 Å². The van der Waals surface area contributed by atoms with Crippen molar-refractivity contribution in [1.82, 2.24) is 0 Å². The third-order valence-corrected chi connectivity index (χ3v) is 10.8. The number of rotatable bonds is 5. The third kappa shape index (κ3) is 6.25. The van der Waals surface area contributed by atoms with Crippen molar-refractivity contribution in [3.63, 3.8) is 0 Å². The Bertz CT molecular complexity index is 913. The van der Waals surface area contributed by atoms with Crippen molar-refractivity contribution in [3.05, 3.63) is 0 Å². The molecule has 4 aliphatic rings. The Labute approximate surface area is 243 Å². The summed E-state index contributed by atoms with van der Waals surface area (Å²) in [6, 6.07) is 0. The molecule has 33 heavy (non-hydrogen) atoms. The van der Waals surface area contributed by atoms with Crippen LogP contribution in [0.3, 0.4) is 0 Å². The zero-order chi connectivity index (χ0) is 22.8. The fourth-order valence-corrected chi connectivity index (χ4v) is 9.55. The van der Waals surface area contributed by atoms with Crippen molar-refractivity contribution >= 4 is 20.8 Å². The van der Waals surface area contributed by atoms with E-state index in [4.69, 9.17) is 8.37 Å². The van der Waals surface area contributed by atoms with Crippen LogP contribution in [0.2, 0.25) is 0 Å². The van der Waals surface area contributed by atoms with E-state index in [0.717, 1.165) is 44.9 Å². The van der Waals surface area contributed by atoms with Crippen LogP contribution in [-0.4, -0.2) is 38.1 Å². The monoisotopic (exact) mass is 524 g/mol. The van der Waals surface area contributed by atoms with Gasteiger partial charge in [0.05, 0.1) is 12.2 Å². The summed E-state index contributed by atoms with van der Waals surface area (Å²) in [5, 5.41) is 0. The smallest absolute Gasteiger partial charge is 0.726 e. The molecule has 0 radical (unpaired) electrons. The first kappa shape index (κ1) is 31.0. The fourth-order valence-electron chi connectivity index (χ4n) is 8.54. The van der Waals surface area contributed by atoms with Crippen molar-refractivity contribution in [2.75, 3.05) is 0 Å². The Morgan fingerprint density at radius 2 is 1.42 bits per heavy atom. The van der Waals surface area contributed by atoms with Crippen LogP contribution < -0.4 is 59.1 Å². The first-order valence-corrected chi connectivity index (χ1v) is 14.2. The van der Waals surface area contributed by atoms with Crippen LogP contribution in [0.25, 0.3) is 0 Å². The summed E-state index contributed by atoms with van der Waals surface area (Å²) >= 11 is 0. The Hall–Kier alpha value is 1.74. The molecule has 0 spiro atoms. The van der Waals surface area contributed by atoms with Gasteiger partial charge in [0, 0.05) is 0 Å². The summed E-state index contributed by atoms with van der Waals surface area (Å²) in [4.78, 5) is 0. The molecule has 0 heterocycles.